The van der Waals surface area contributed by atoms with E-state index in [-0.39, 0.29) is 0 Å². The van der Waals surface area contributed by atoms with E-state index in [4.69, 9.17) is 11.6 Å². The molecule has 0 bridgehead atoms. The maximum Gasteiger partial charge on any atom is 0.155 e. The van der Waals surface area contributed by atoms with Crippen molar-refractivity contribution in [1.29, 1.82) is 0 Å². The highest BCUT2D eigenvalue weighted by Crippen LogP contribution is 2.21. The van der Waals surface area contributed by atoms with Crippen LogP contribution in [0.2, 0.25) is 5.15 Å². The van der Waals surface area contributed by atoms with Crippen LogP contribution < -0.4 is 0 Å². The Labute approximate surface area is 91.3 Å². The van der Waals surface area contributed by atoms with Gasteiger partial charge in [-0.3, -0.25) is 0 Å². The Kier molecular flexibility index (Phi) is 1.70. The van der Waals surface area contributed by atoms with Crippen LogP contribution in [0.1, 0.15) is 5.56 Å². The fourth-order valence-corrected chi connectivity index (χ4v) is 1.95. The number of benzene rings is 1. The molecule has 2 aromatic heterocycles. The van der Waals surface area contributed by atoms with Crippen LogP contribution in [0, 0.1) is 6.92 Å². The zero-order valence-corrected chi connectivity index (χ0v) is 8.86. The molecule has 74 valence electrons. The van der Waals surface area contributed by atoms with Crippen LogP contribution in [0.3, 0.4) is 0 Å². The third-order valence-corrected chi connectivity index (χ3v) is 2.71. The van der Waals surface area contributed by atoms with E-state index in [9.17, 15) is 0 Å². The molecule has 0 atom stereocenters. The highest BCUT2D eigenvalue weighted by molar-refractivity contribution is 6.33. The standard InChI is InChI=1S/C11H8ClN3/c1-7-2-3-8-10(6-7)15-9(4-5-13-15)11(12)14-8/h2-6H,1H3. The molecule has 1 aromatic carbocycles. The van der Waals surface area contributed by atoms with E-state index in [0.717, 1.165) is 16.6 Å². The minimum atomic E-state index is 0.490. The van der Waals surface area contributed by atoms with E-state index in [0.29, 0.717) is 5.15 Å². The molecule has 0 saturated heterocycles. The molecule has 0 aliphatic rings. The highest BCUT2D eigenvalue weighted by atomic mass is 35.5. The van der Waals surface area contributed by atoms with Crippen LogP contribution in [0.5, 0.6) is 0 Å². The molecular weight excluding hydrogens is 210 g/mol. The first-order valence-corrected chi connectivity index (χ1v) is 5.03. The Morgan fingerprint density at radius 2 is 2.07 bits per heavy atom. The Morgan fingerprint density at radius 3 is 2.93 bits per heavy atom. The summed E-state index contributed by atoms with van der Waals surface area (Å²) in [6.07, 6.45) is 1.73. The number of fused-ring (bicyclic) bond motifs is 3. The van der Waals surface area contributed by atoms with Crippen LogP contribution >= 0.6 is 11.6 Å². The predicted molar refractivity (Wildman–Crippen MR) is 60.2 cm³/mol. The lowest BCUT2D eigenvalue weighted by Gasteiger charge is -2.03. The molecule has 0 N–H and O–H groups in total. The number of nitrogens with zero attached hydrogens (tertiary/aromatic N) is 3. The van der Waals surface area contributed by atoms with E-state index in [1.165, 1.54) is 5.56 Å². The van der Waals surface area contributed by atoms with Crippen molar-refractivity contribution in [2.45, 2.75) is 6.92 Å². The van der Waals surface area contributed by atoms with Gasteiger partial charge in [0.15, 0.2) is 5.15 Å². The fourth-order valence-electron chi connectivity index (χ4n) is 1.71. The van der Waals surface area contributed by atoms with Gasteiger partial charge >= 0.3 is 0 Å². The van der Waals surface area contributed by atoms with E-state index < -0.39 is 0 Å². The van der Waals surface area contributed by atoms with E-state index in [1.54, 1.807) is 6.20 Å². The van der Waals surface area contributed by atoms with Gasteiger partial charge in [0.1, 0.15) is 5.52 Å². The molecule has 0 unspecified atom stereocenters. The summed E-state index contributed by atoms with van der Waals surface area (Å²) in [6, 6.07) is 7.88. The Morgan fingerprint density at radius 1 is 1.20 bits per heavy atom. The summed E-state index contributed by atoms with van der Waals surface area (Å²) in [6.45, 7) is 2.05. The van der Waals surface area contributed by atoms with Crippen LogP contribution in [0.4, 0.5) is 0 Å². The van der Waals surface area contributed by atoms with Crippen molar-refractivity contribution < 1.29 is 0 Å². The van der Waals surface area contributed by atoms with Gasteiger partial charge in [0.05, 0.1) is 17.2 Å². The number of hydrogen-bond donors (Lipinski definition) is 0. The summed E-state index contributed by atoms with van der Waals surface area (Å²) in [5.74, 6) is 0. The van der Waals surface area contributed by atoms with Gasteiger partial charge in [-0.2, -0.15) is 5.10 Å². The Balaban J connectivity index is 2.61. The first kappa shape index (κ1) is 8.68. The van der Waals surface area contributed by atoms with Gasteiger partial charge < -0.3 is 0 Å². The van der Waals surface area contributed by atoms with Crippen molar-refractivity contribution in [3.05, 3.63) is 41.2 Å². The minimum Gasteiger partial charge on any atom is -0.232 e. The molecule has 0 amide bonds. The maximum absolute atomic E-state index is 6.05. The maximum atomic E-state index is 6.05. The third kappa shape index (κ3) is 1.20. The Bertz CT molecular complexity index is 657. The number of halogens is 1. The summed E-state index contributed by atoms with van der Waals surface area (Å²) >= 11 is 6.05. The molecule has 4 heteroatoms. The van der Waals surface area contributed by atoms with Crippen molar-refractivity contribution in [3.63, 3.8) is 0 Å². The first-order chi connectivity index (χ1) is 7.25. The number of hydrogen-bond acceptors (Lipinski definition) is 2. The average molecular weight is 218 g/mol. The van der Waals surface area contributed by atoms with Crippen molar-refractivity contribution in [2.24, 2.45) is 0 Å². The van der Waals surface area contributed by atoms with Gasteiger partial charge in [-0.1, -0.05) is 17.7 Å². The SMILES string of the molecule is Cc1ccc2nc(Cl)c3ccnn3c2c1. The number of rotatable bonds is 0. The van der Waals surface area contributed by atoms with Crippen molar-refractivity contribution >= 4 is 28.2 Å². The topological polar surface area (TPSA) is 30.2 Å². The molecule has 0 fully saturated rings. The second-order valence-corrected chi connectivity index (χ2v) is 3.88. The van der Waals surface area contributed by atoms with Crippen LogP contribution in [0.15, 0.2) is 30.5 Å². The number of aromatic nitrogens is 3. The first-order valence-electron chi connectivity index (χ1n) is 4.65. The monoisotopic (exact) mass is 217 g/mol. The van der Waals surface area contributed by atoms with E-state index >= 15 is 0 Å². The van der Waals surface area contributed by atoms with Crippen molar-refractivity contribution in [3.8, 4) is 0 Å². The van der Waals surface area contributed by atoms with E-state index in [2.05, 4.69) is 16.1 Å². The van der Waals surface area contributed by atoms with Gasteiger partial charge in [0.2, 0.25) is 0 Å². The molecule has 0 spiro atoms. The van der Waals surface area contributed by atoms with Crippen LogP contribution in [-0.2, 0) is 0 Å². The Hall–Kier alpha value is -1.61. The molecule has 0 saturated carbocycles. The van der Waals surface area contributed by atoms with Gasteiger partial charge in [0, 0.05) is 0 Å². The van der Waals surface area contributed by atoms with E-state index in [1.807, 2.05) is 29.6 Å². The fraction of sp³-hybridized carbons (Fsp3) is 0.0909. The molecule has 0 aliphatic heterocycles. The molecule has 3 nitrogen and oxygen atoms in total. The van der Waals surface area contributed by atoms with Gasteiger partial charge in [0.25, 0.3) is 0 Å². The normalized spacial score (nSPS) is 11.3. The van der Waals surface area contributed by atoms with Gasteiger partial charge in [-0.15, -0.1) is 0 Å². The smallest absolute Gasteiger partial charge is 0.155 e. The second kappa shape index (κ2) is 2.94. The quantitative estimate of drug-likeness (QED) is 0.580. The lowest BCUT2D eigenvalue weighted by molar-refractivity contribution is 0.994. The molecule has 15 heavy (non-hydrogen) atoms. The second-order valence-electron chi connectivity index (χ2n) is 3.52. The highest BCUT2D eigenvalue weighted by Gasteiger charge is 2.06. The predicted octanol–water partition coefficient (Wildman–Crippen LogP) is 2.84. The van der Waals surface area contributed by atoms with Crippen LogP contribution in [0.25, 0.3) is 16.6 Å². The molecule has 3 rings (SSSR count). The summed E-state index contributed by atoms with van der Waals surface area (Å²) in [5.41, 5.74) is 3.87. The third-order valence-electron chi connectivity index (χ3n) is 2.43. The van der Waals surface area contributed by atoms with Gasteiger partial charge in [-0.05, 0) is 30.7 Å². The molecule has 2 heterocycles. The lowest BCUT2D eigenvalue weighted by Crippen LogP contribution is -1.94. The molecule has 0 aliphatic carbocycles. The average Bonchev–Trinajstić information content (AvgIpc) is 2.69. The zero-order chi connectivity index (χ0) is 10.4. The minimum absolute atomic E-state index is 0.490. The zero-order valence-electron chi connectivity index (χ0n) is 8.11. The lowest BCUT2D eigenvalue weighted by atomic mass is 10.2. The molecule has 3 aromatic rings. The molecule has 0 radical (unpaired) electrons. The molecular formula is C11H8ClN3. The number of aryl methyl sites for hydroxylation is 1. The summed E-state index contributed by atoms with van der Waals surface area (Å²) < 4.78 is 1.82. The van der Waals surface area contributed by atoms with Crippen molar-refractivity contribution in [2.75, 3.05) is 0 Å². The summed E-state index contributed by atoms with van der Waals surface area (Å²) in [5, 5.41) is 4.73. The van der Waals surface area contributed by atoms with Gasteiger partial charge in [-0.25, -0.2) is 9.50 Å². The van der Waals surface area contributed by atoms with Crippen LogP contribution in [-0.4, -0.2) is 14.6 Å². The summed E-state index contributed by atoms with van der Waals surface area (Å²) in [4.78, 5) is 4.32. The largest absolute Gasteiger partial charge is 0.232 e. The summed E-state index contributed by atoms with van der Waals surface area (Å²) in [7, 11) is 0. The van der Waals surface area contributed by atoms with Crippen molar-refractivity contribution in [1.82, 2.24) is 14.6 Å².